The van der Waals surface area contributed by atoms with E-state index in [1.807, 2.05) is 19.1 Å². The summed E-state index contributed by atoms with van der Waals surface area (Å²) in [5.41, 5.74) is 2.31. The number of hydrogen-bond donors (Lipinski definition) is 2. The van der Waals surface area contributed by atoms with Crippen molar-refractivity contribution in [2.45, 2.75) is 44.8 Å². The highest BCUT2D eigenvalue weighted by Crippen LogP contribution is 2.34. The zero-order valence-electron chi connectivity index (χ0n) is 13.3. The van der Waals surface area contributed by atoms with Gasteiger partial charge in [-0.25, -0.2) is 0 Å². The van der Waals surface area contributed by atoms with Crippen LogP contribution < -0.4 is 10.1 Å². The molecule has 1 unspecified atom stereocenters. The van der Waals surface area contributed by atoms with Gasteiger partial charge in [-0.2, -0.15) is 0 Å². The number of benzene rings is 1. The molecular weight excluding hydrogens is 266 g/mol. The molecule has 0 aliphatic heterocycles. The molecule has 1 aromatic rings. The first-order chi connectivity index (χ1) is 10.0. The Morgan fingerprint density at radius 3 is 2.67 bits per heavy atom. The van der Waals surface area contributed by atoms with E-state index in [1.54, 1.807) is 7.11 Å². The Labute approximate surface area is 127 Å². The maximum absolute atomic E-state index is 9.99. The SMILES string of the molecule is COC1(CNCC(O)COc2ccc(C)cc2C)CCC1. The van der Waals surface area contributed by atoms with E-state index >= 15 is 0 Å². The molecule has 1 aliphatic carbocycles. The second-order valence-electron chi connectivity index (χ2n) is 6.11. The van der Waals surface area contributed by atoms with Crippen LogP contribution in [0, 0.1) is 13.8 Å². The summed E-state index contributed by atoms with van der Waals surface area (Å²) in [5.74, 6) is 0.840. The molecule has 0 bridgehead atoms. The molecule has 0 radical (unpaired) electrons. The number of rotatable bonds is 8. The molecule has 0 heterocycles. The number of aliphatic hydroxyl groups excluding tert-OH is 1. The Kier molecular flexibility index (Phi) is 5.62. The highest BCUT2D eigenvalue weighted by Gasteiger charge is 2.36. The van der Waals surface area contributed by atoms with Gasteiger partial charge in [0.2, 0.25) is 0 Å². The van der Waals surface area contributed by atoms with Gasteiger partial charge in [0.1, 0.15) is 18.5 Å². The fourth-order valence-electron chi connectivity index (χ4n) is 2.70. The van der Waals surface area contributed by atoms with Gasteiger partial charge in [0.25, 0.3) is 0 Å². The second kappa shape index (κ2) is 7.25. The molecule has 21 heavy (non-hydrogen) atoms. The molecule has 1 aliphatic rings. The maximum Gasteiger partial charge on any atom is 0.122 e. The lowest BCUT2D eigenvalue weighted by Gasteiger charge is -2.40. The quantitative estimate of drug-likeness (QED) is 0.771. The van der Waals surface area contributed by atoms with E-state index in [-0.39, 0.29) is 5.60 Å². The largest absolute Gasteiger partial charge is 0.491 e. The van der Waals surface area contributed by atoms with Crippen LogP contribution in [-0.4, -0.2) is 43.6 Å². The minimum atomic E-state index is -0.514. The third-order valence-corrected chi connectivity index (χ3v) is 4.29. The summed E-state index contributed by atoms with van der Waals surface area (Å²) in [6, 6.07) is 6.06. The van der Waals surface area contributed by atoms with Crippen molar-refractivity contribution in [3.05, 3.63) is 29.3 Å². The first kappa shape index (κ1) is 16.3. The van der Waals surface area contributed by atoms with E-state index in [1.165, 1.54) is 12.0 Å². The van der Waals surface area contributed by atoms with Gasteiger partial charge >= 0.3 is 0 Å². The summed E-state index contributed by atoms with van der Waals surface area (Å²) in [5, 5.41) is 13.3. The van der Waals surface area contributed by atoms with Gasteiger partial charge in [0, 0.05) is 20.2 Å². The van der Waals surface area contributed by atoms with Crippen molar-refractivity contribution in [2.24, 2.45) is 0 Å². The fraction of sp³-hybridized carbons (Fsp3) is 0.647. The van der Waals surface area contributed by atoms with Crippen LogP contribution in [0.4, 0.5) is 0 Å². The van der Waals surface area contributed by atoms with E-state index in [4.69, 9.17) is 9.47 Å². The van der Waals surface area contributed by atoms with Gasteiger partial charge < -0.3 is 19.9 Å². The standard InChI is InChI=1S/C17H27NO3/c1-13-5-6-16(14(2)9-13)21-11-15(19)10-18-12-17(20-3)7-4-8-17/h5-6,9,15,18-19H,4,7-8,10-12H2,1-3H3. The van der Waals surface area contributed by atoms with Crippen LogP contribution in [0.25, 0.3) is 0 Å². The highest BCUT2D eigenvalue weighted by molar-refractivity contribution is 5.35. The number of nitrogens with one attached hydrogen (secondary N) is 1. The van der Waals surface area contributed by atoms with Crippen LogP contribution in [0.5, 0.6) is 5.75 Å². The lowest BCUT2D eigenvalue weighted by Crippen LogP contribution is -2.49. The molecule has 4 heteroatoms. The minimum absolute atomic E-state index is 0.00583. The number of aliphatic hydroxyl groups is 1. The molecule has 4 nitrogen and oxygen atoms in total. The molecule has 0 spiro atoms. The number of ether oxygens (including phenoxy) is 2. The summed E-state index contributed by atoms with van der Waals surface area (Å²) >= 11 is 0. The third kappa shape index (κ3) is 4.43. The second-order valence-corrected chi connectivity index (χ2v) is 6.11. The van der Waals surface area contributed by atoms with Gasteiger partial charge in [-0.1, -0.05) is 17.7 Å². The Bertz CT molecular complexity index is 452. The van der Waals surface area contributed by atoms with Crippen LogP contribution in [-0.2, 0) is 4.74 Å². The summed E-state index contributed by atoms with van der Waals surface area (Å²) in [4.78, 5) is 0. The van der Waals surface area contributed by atoms with Gasteiger partial charge in [0.15, 0.2) is 0 Å². The summed E-state index contributed by atoms with van der Waals surface area (Å²) in [6.45, 7) is 5.70. The summed E-state index contributed by atoms with van der Waals surface area (Å²) in [7, 11) is 1.76. The Morgan fingerprint density at radius 2 is 2.10 bits per heavy atom. The van der Waals surface area contributed by atoms with Crippen molar-refractivity contribution in [1.29, 1.82) is 0 Å². The highest BCUT2D eigenvalue weighted by atomic mass is 16.5. The van der Waals surface area contributed by atoms with Crippen LogP contribution >= 0.6 is 0 Å². The third-order valence-electron chi connectivity index (χ3n) is 4.29. The lowest BCUT2D eigenvalue weighted by atomic mass is 9.80. The molecule has 118 valence electrons. The van der Waals surface area contributed by atoms with Crippen molar-refractivity contribution in [3.63, 3.8) is 0 Å². The normalized spacial score (nSPS) is 18.1. The van der Waals surface area contributed by atoms with Crippen molar-refractivity contribution in [3.8, 4) is 5.75 Å². The van der Waals surface area contributed by atoms with Gasteiger partial charge in [-0.3, -0.25) is 0 Å². The monoisotopic (exact) mass is 293 g/mol. The van der Waals surface area contributed by atoms with Crippen LogP contribution in [0.1, 0.15) is 30.4 Å². The van der Waals surface area contributed by atoms with Crippen molar-refractivity contribution in [1.82, 2.24) is 5.32 Å². The Hall–Kier alpha value is -1.10. The average Bonchev–Trinajstić information content (AvgIpc) is 2.41. The molecule has 2 rings (SSSR count). The van der Waals surface area contributed by atoms with Crippen LogP contribution in [0.3, 0.4) is 0 Å². The Balaban J connectivity index is 1.68. The molecular formula is C17H27NO3. The van der Waals surface area contributed by atoms with Crippen molar-refractivity contribution < 1.29 is 14.6 Å². The topological polar surface area (TPSA) is 50.7 Å². The van der Waals surface area contributed by atoms with E-state index < -0.39 is 6.10 Å². The van der Waals surface area contributed by atoms with Crippen LogP contribution in [0.15, 0.2) is 18.2 Å². The molecule has 0 amide bonds. The molecule has 1 saturated carbocycles. The number of methoxy groups -OCH3 is 1. The predicted octanol–water partition coefficient (Wildman–Crippen LogP) is 2.20. The molecule has 1 aromatic carbocycles. The maximum atomic E-state index is 9.99. The molecule has 1 fully saturated rings. The van der Waals surface area contributed by atoms with E-state index in [2.05, 4.69) is 18.3 Å². The zero-order valence-corrected chi connectivity index (χ0v) is 13.3. The van der Waals surface area contributed by atoms with Gasteiger partial charge in [-0.05, 0) is 44.7 Å². The smallest absolute Gasteiger partial charge is 0.122 e. The lowest BCUT2D eigenvalue weighted by molar-refractivity contribution is -0.0706. The van der Waals surface area contributed by atoms with E-state index in [0.29, 0.717) is 13.2 Å². The number of hydrogen-bond acceptors (Lipinski definition) is 4. The van der Waals surface area contributed by atoms with Gasteiger partial charge in [-0.15, -0.1) is 0 Å². The molecule has 1 atom stereocenters. The Morgan fingerprint density at radius 1 is 1.33 bits per heavy atom. The minimum Gasteiger partial charge on any atom is -0.491 e. The fourth-order valence-corrected chi connectivity index (χ4v) is 2.70. The molecule has 0 aromatic heterocycles. The first-order valence-electron chi connectivity index (χ1n) is 7.69. The zero-order chi connectivity index (χ0) is 15.3. The van der Waals surface area contributed by atoms with E-state index in [9.17, 15) is 5.11 Å². The molecule has 2 N–H and O–H groups in total. The predicted molar refractivity (Wildman–Crippen MR) is 83.9 cm³/mol. The average molecular weight is 293 g/mol. The summed E-state index contributed by atoms with van der Waals surface area (Å²) < 4.78 is 11.2. The van der Waals surface area contributed by atoms with Crippen molar-refractivity contribution in [2.75, 3.05) is 26.8 Å². The first-order valence-corrected chi connectivity index (χ1v) is 7.69. The molecule has 0 saturated heterocycles. The number of aryl methyl sites for hydroxylation is 2. The van der Waals surface area contributed by atoms with Crippen LogP contribution in [0.2, 0.25) is 0 Å². The summed E-state index contributed by atoms with van der Waals surface area (Å²) in [6.07, 6.45) is 2.92. The van der Waals surface area contributed by atoms with Gasteiger partial charge in [0.05, 0.1) is 5.60 Å². The van der Waals surface area contributed by atoms with Crippen molar-refractivity contribution >= 4 is 0 Å². The van der Waals surface area contributed by atoms with E-state index in [0.717, 1.165) is 30.7 Å².